The zero-order chi connectivity index (χ0) is 22.0. The van der Waals surface area contributed by atoms with Crippen molar-refractivity contribution in [1.82, 2.24) is 15.3 Å². The number of aromatic nitrogens is 2. The number of ether oxygens (including phenoxy) is 3. The summed E-state index contributed by atoms with van der Waals surface area (Å²) in [6.45, 7) is 6.80. The van der Waals surface area contributed by atoms with Crippen molar-refractivity contribution >= 4 is 23.5 Å². The number of rotatable bonds is 10. The maximum atomic E-state index is 14.0. The Morgan fingerprint density at radius 1 is 1.13 bits per heavy atom. The van der Waals surface area contributed by atoms with Gasteiger partial charge in [0.25, 0.3) is 0 Å². The molecule has 0 saturated carbocycles. The largest absolute Gasteiger partial charge is 0.491 e. The molecule has 0 unspecified atom stereocenters. The zero-order valence-electron chi connectivity index (χ0n) is 17.6. The SMILES string of the molecule is COCCOc1ccc(Nc2ncc(F)c(NCCNC(=O)OC(C)(C)C)n2)cc1. The molecule has 1 amide bonds. The van der Waals surface area contributed by atoms with Crippen LogP contribution in [0, 0.1) is 5.82 Å². The summed E-state index contributed by atoms with van der Waals surface area (Å²) in [4.78, 5) is 19.7. The summed E-state index contributed by atoms with van der Waals surface area (Å²) < 4.78 is 29.5. The van der Waals surface area contributed by atoms with Gasteiger partial charge in [-0.15, -0.1) is 0 Å². The Morgan fingerprint density at radius 3 is 2.53 bits per heavy atom. The van der Waals surface area contributed by atoms with E-state index in [-0.39, 0.29) is 24.9 Å². The van der Waals surface area contributed by atoms with Crippen LogP contribution in [-0.4, -0.2) is 55.1 Å². The molecule has 0 fully saturated rings. The second kappa shape index (κ2) is 11.1. The summed E-state index contributed by atoms with van der Waals surface area (Å²) in [5.74, 6) is 0.363. The number of halogens is 1. The highest BCUT2D eigenvalue weighted by Gasteiger charge is 2.15. The number of hydrogen-bond donors (Lipinski definition) is 3. The number of nitrogens with zero attached hydrogens (tertiary/aromatic N) is 2. The number of amides is 1. The molecule has 2 rings (SSSR count). The summed E-state index contributed by atoms with van der Waals surface area (Å²) in [5, 5.41) is 8.41. The second-order valence-corrected chi connectivity index (χ2v) is 7.24. The Balaban J connectivity index is 1.85. The maximum Gasteiger partial charge on any atom is 0.407 e. The lowest BCUT2D eigenvalue weighted by Crippen LogP contribution is -2.35. The Bertz CT molecular complexity index is 812. The third-order valence-electron chi connectivity index (χ3n) is 3.50. The summed E-state index contributed by atoms with van der Waals surface area (Å²) in [7, 11) is 1.61. The van der Waals surface area contributed by atoms with Crippen LogP contribution in [0.25, 0.3) is 0 Å². The number of anilines is 3. The van der Waals surface area contributed by atoms with Crippen molar-refractivity contribution in [1.29, 1.82) is 0 Å². The van der Waals surface area contributed by atoms with E-state index in [0.29, 0.717) is 19.0 Å². The summed E-state index contributed by atoms with van der Waals surface area (Å²) >= 11 is 0. The van der Waals surface area contributed by atoms with Crippen LogP contribution in [-0.2, 0) is 9.47 Å². The monoisotopic (exact) mass is 421 g/mol. The van der Waals surface area contributed by atoms with Gasteiger partial charge in [0.15, 0.2) is 11.6 Å². The average Bonchev–Trinajstić information content (AvgIpc) is 2.68. The van der Waals surface area contributed by atoms with E-state index in [4.69, 9.17) is 14.2 Å². The number of methoxy groups -OCH3 is 1. The van der Waals surface area contributed by atoms with Gasteiger partial charge in [-0.05, 0) is 45.0 Å². The van der Waals surface area contributed by atoms with Crippen LogP contribution in [0.2, 0.25) is 0 Å². The number of carbonyl (C=O) groups excluding carboxylic acids is 1. The molecule has 10 heteroatoms. The van der Waals surface area contributed by atoms with Crippen LogP contribution in [0.4, 0.5) is 26.6 Å². The summed E-state index contributed by atoms with van der Waals surface area (Å²) in [5.41, 5.74) is 0.142. The molecule has 0 saturated heterocycles. The van der Waals surface area contributed by atoms with E-state index in [1.165, 1.54) is 0 Å². The number of nitrogens with one attached hydrogen (secondary N) is 3. The number of benzene rings is 1. The number of hydrogen-bond acceptors (Lipinski definition) is 8. The lowest BCUT2D eigenvalue weighted by molar-refractivity contribution is 0.0530. The van der Waals surface area contributed by atoms with Gasteiger partial charge < -0.3 is 30.2 Å². The van der Waals surface area contributed by atoms with Crippen molar-refractivity contribution in [2.75, 3.05) is 44.0 Å². The quantitative estimate of drug-likeness (QED) is 0.502. The Kier molecular flexibility index (Phi) is 8.60. The van der Waals surface area contributed by atoms with Crippen molar-refractivity contribution in [2.24, 2.45) is 0 Å². The van der Waals surface area contributed by atoms with Crippen molar-refractivity contribution in [3.05, 3.63) is 36.3 Å². The standard InChI is InChI=1S/C20H28FN5O4/c1-20(2,3)30-19(27)23-10-9-22-17-16(21)13-24-18(26-17)25-14-5-7-15(8-6-14)29-12-11-28-4/h5-8,13H,9-12H2,1-4H3,(H,23,27)(H2,22,24,25,26). The maximum absolute atomic E-state index is 14.0. The smallest absolute Gasteiger partial charge is 0.407 e. The number of alkyl carbamates (subject to hydrolysis) is 1. The lowest BCUT2D eigenvalue weighted by atomic mass is 10.2. The first-order chi connectivity index (χ1) is 14.3. The molecule has 0 spiro atoms. The normalized spacial score (nSPS) is 11.0. The highest BCUT2D eigenvalue weighted by Crippen LogP contribution is 2.19. The molecule has 1 heterocycles. The fourth-order valence-corrected chi connectivity index (χ4v) is 2.22. The minimum absolute atomic E-state index is 0.0259. The van der Waals surface area contributed by atoms with Crippen LogP contribution >= 0.6 is 0 Å². The third-order valence-corrected chi connectivity index (χ3v) is 3.50. The van der Waals surface area contributed by atoms with E-state index in [2.05, 4.69) is 25.9 Å². The first kappa shape index (κ1) is 23.1. The molecular weight excluding hydrogens is 393 g/mol. The third kappa shape index (κ3) is 8.48. The Morgan fingerprint density at radius 2 is 1.87 bits per heavy atom. The van der Waals surface area contributed by atoms with Crippen LogP contribution < -0.4 is 20.7 Å². The molecule has 0 bridgehead atoms. The van der Waals surface area contributed by atoms with Crippen LogP contribution in [0.1, 0.15) is 20.8 Å². The molecular formula is C20H28FN5O4. The molecule has 2 aromatic rings. The lowest BCUT2D eigenvalue weighted by Gasteiger charge is -2.19. The van der Waals surface area contributed by atoms with Crippen molar-refractivity contribution in [2.45, 2.75) is 26.4 Å². The minimum atomic E-state index is -0.597. The molecule has 0 radical (unpaired) electrons. The molecule has 30 heavy (non-hydrogen) atoms. The van der Waals surface area contributed by atoms with E-state index >= 15 is 0 Å². The van der Waals surface area contributed by atoms with Crippen molar-refractivity contribution < 1.29 is 23.4 Å². The van der Waals surface area contributed by atoms with Gasteiger partial charge in [-0.2, -0.15) is 4.98 Å². The van der Waals surface area contributed by atoms with E-state index in [1.807, 2.05) is 0 Å². The van der Waals surface area contributed by atoms with Gasteiger partial charge in [0.1, 0.15) is 18.0 Å². The molecule has 9 nitrogen and oxygen atoms in total. The molecule has 0 aliphatic carbocycles. The fourth-order valence-electron chi connectivity index (χ4n) is 2.22. The predicted molar refractivity (Wildman–Crippen MR) is 112 cm³/mol. The van der Waals surface area contributed by atoms with Crippen molar-refractivity contribution in [3.63, 3.8) is 0 Å². The molecule has 1 aromatic heterocycles. The highest BCUT2D eigenvalue weighted by atomic mass is 19.1. The van der Waals surface area contributed by atoms with E-state index in [1.54, 1.807) is 52.1 Å². The van der Waals surface area contributed by atoms with Gasteiger partial charge in [-0.1, -0.05) is 0 Å². The molecule has 164 valence electrons. The van der Waals surface area contributed by atoms with E-state index < -0.39 is 17.5 Å². The van der Waals surface area contributed by atoms with Gasteiger partial charge >= 0.3 is 6.09 Å². The number of carbonyl (C=O) groups is 1. The van der Waals surface area contributed by atoms with E-state index in [9.17, 15) is 9.18 Å². The topological polar surface area (TPSA) is 107 Å². The van der Waals surface area contributed by atoms with Crippen LogP contribution in [0.5, 0.6) is 5.75 Å². The molecule has 3 N–H and O–H groups in total. The van der Waals surface area contributed by atoms with Gasteiger partial charge in [0, 0.05) is 25.9 Å². The predicted octanol–water partition coefficient (Wildman–Crippen LogP) is 3.32. The molecule has 0 aliphatic rings. The summed E-state index contributed by atoms with van der Waals surface area (Å²) in [6, 6.07) is 7.19. The van der Waals surface area contributed by atoms with Gasteiger partial charge in [0.05, 0.1) is 12.8 Å². The Labute approximate surface area is 175 Å². The summed E-state index contributed by atoms with van der Waals surface area (Å²) in [6.07, 6.45) is 0.533. The van der Waals surface area contributed by atoms with Crippen LogP contribution in [0.3, 0.4) is 0 Å². The van der Waals surface area contributed by atoms with Crippen molar-refractivity contribution in [3.8, 4) is 5.75 Å². The van der Waals surface area contributed by atoms with Crippen LogP contribution in [0.15, 0.2) is 30.5 Å². The van der Waals surface area contributed by atoms with Gasteiger partial charge in [0.2, 0.25) is 5.95 Å². The minimum Gasteiger partial charge on any atom is -0.491 e. The van der Waals surface area contributed by atoms with E-state index in [0.717, 1.165) is 11.9 Å². The first-order valence-electron chi connectivity index (χ1n) is 9.49. The second-order valence-electron chi connectivity index (χ2n) is 7.24. The fraction of sp³-hybridized carbons (Fsp3) is 0.450. The first-order valence-corrected chi connectivity index (χ1v) is 9.49. The van der Waals surface area contributed by atoms with Gasteiger partial charge in [-0.3, -0.25) is 0 Å². The molecule has 0 aliphatic heterocycles. The molecule has 0 atom stereocenters. The zero-order valence-corrected chi connectivity index (χ0v) is 17.6. The Hall–Kier alpha value is -3.14. The molecule has 1 aromatic carbocycles. The van der Waals surface area contributed by atoms with Gasteiger partial charge in [-0.25, -0.2) is 14.2 Å². The highest BCUT2D eigenvalue weighted by molar-refractivity contribution is 5.67. The average molecular weight is 421 g/mol.